The highest BCUT2D eigenvalue weighted by Crippen LogP contribution is 2.36. The molecule has 3 rings (SSSR count). The largest absolute Gasteiger partial charge is 0.469 e. The molecule has 2 aliphatic rings. The summed E-state index contributed by atoms with van der Waals surface area (Å²) in [6.45, 7) is 0.422. The Bertz CT molecular complexity index is 509. The molecule has 1 aromatic carbocycles. The van der Waals surface area contributed by atoms with E-state index in [-0.39, 0.29) is 36.1 Å². The number of benzene rings is 1. The number of esters is 1. The van der Waals surface area contributed by atoms with Gasteiger partial charge in [-0.3, -0.25) is 4.79 Å². The van der Waals surface area contributed by atoms with Crippen molar-refractivity contribution in [2.45, 2.75) is 42.8 Å². The Labute approximate surface area is 134 Å². The molecule has 5 atom stereocenters. The summed E-state index contributed by atoms with van der Waals surface area (Å²) in [5.41, 5.74) is 0.976. The second-order valence-corrected chi connectivity index (χ2v) is 6.06. The average Bonchev–Trinajstić information content (AvgIpc) is 2.55. The Kier molecular flexibility index (Phi) is 4.98. The Morgan fingerprint density at radius 1 is 1.27 bits per heavy atom. The number of hydrogen-bond acceptors (Lipinski definition) is 5. The number of hydrogen-bond donors (Lipinski definition) is 0. The van der Waals surface area contributed by atoms with Crippen molar-refractivity contribution < 1.29 is 23.7 Å². The third-order valence-electron chi connectivity index (χ3n) is 4.00. The van der Waals surface area contributed by atoms with Gasteiger partial charge in [-0.15, -0.1) is 11.6 Å². The molecule has 2 aliphatic heterocycles. The summed E-state index contributed by atoms with van der Waals surface area (Å²) in [6, 6.07) is 9.77. The third-order valence-corrected chi connectivity index (χ3v) is 4.46. The quantitative estimate of drug-likeness (QED) is 0.631. The van der Waals surface area contributed by atoms with Crippen LogP contribution in [0.3, 0.4) is 0 Å². The van der Waals surface area contributed by atoms with Crippen LogP contribution in [-0.4, -0.2) is 43.4 Å². The van der Waals surface area contributed by atoms with Gasteiger partial charge in [0.25, 0.3) is 0 Å². The molecule has 0 saturated carbocycles. The molecule has 0 bridgehead atoms. The number of methoxy groups -OCH3 is 1. The molecule has 0 aliphatic carbocycles. The van der Waals surface area contributed by atoms with Gasteiger partial charge in [-0.1, -0.05) is 30.3 Å². The summed E-state index contributed by atoms with van der Waals surface area (Å²) in [5, 5.41) is -0.283. The lowest BCUT2D eigenvalue weighted by molar-refractivity contribution is -0.287. The first kappa shape index (κ1) is 15.7. The van der Waals surface area contributed by atoms with Crippen LogP contribution in [0.25, 0.3) is 0 Å². The van der Waals surface area contributed by atoms with E-state index in [1.165, 1.54) is 7.11 Å². The number of ether oxygens (including phenoxy) is 4. The van der Waals surface area contributed by atoms with E-state index in [0.29, 0.717) is 13.0 Å². The standard InChI is InChI=1S/C16H19ClO5/c1-19-15(18)8-12-11(17)7-13-14(21-12)9-20-16(22-13)10-5-3-2-4-6-10/h2-6,11-14,16H,7-9H2,1H3/t11-,12+,13-,14-,16+/m1/s1. The highest BCUT2D eigenvalue weighted by Gasteiger charge is 2.43. The van der Waals surface area contributed by atoms with Crippen LogP contribution in [0, 0.1) is 0 Å². The van der Waals surface area contributed by atoms with Crippen molar-refractivity contribution in [1.29, 1.82) is 0 Å². The second-order valence-electron chi connectivity index (χ2n) is 5.50. The second kappa shape index (κ2) is 6.96. The van der Waals surface area contributed by atoms with Gasteiger partial charge in [0.1, 0.15) is 6.10 Å². The molecule has 5 nitrogen and oxygen atoms in total. The van der Waals surface area contributed by atoms with E-state index in [2.05, 4.69) is 4.74 Å². The smallest absolute Gasteiger partial charge is 0.308 e. The number of carbonyl (C=O) groups is 1. The van der Waals surface area contributed by atoms with Crippen molar-refractivity contribution in [3.05, 3.63) is 35.9 Å². The van der Waals surface area contributed by atoms with Crippen LogP contribution in [0.5, 0.6) is 0 Å². The van der Waals surface area contributed by atoms with Crippen molar-refractivity contribution >= 4 is 17.6 Å². The zero-order valence-electron chi connectivity index (χ0n) is 12.3. The lowest BCUT2D eigenvalue weighted by atomic mass is 9.98. The Morgan fingerprint density at radius 3 is 2.77 bits per heavy atom. The number of fused-ring (bicyclic) bond motifs is 1. The highest BCUT2D eigenvalue weighted by molar-refractivity contribution is 6.21. The van der Waals surface area contributed by atoms with Gasteiger partial charge in [0.05, 0.1) is 37.7 Å². The van der Waals surface area contributed by atoms with Gasteiger partial charge >= 0.3 is 5.97 Å². The zero-order valence-corrected chi connectivity index (χ0v) is 13.1. The number of carbonyl (C=O) groups excluding carboxylic acids is 1. The van der Waals surface area contributed by atoms with Crippen LogP contribution in [0.4, 0.5) is 0 Å². The van der Waals surface area contributed by atoms with Crippen molar-refractivity contribution in [2.75, 3.05) is 13.7 Å². The average molecular weight is 327 g/mol. The third kappa shape index (κ3) is 3.43. The number of halogens is 1. The molecule has 0 N–H and O–H groups in total. The van der Waals surface area contributed by atoms with Crippen LogP contribution in [0.15, 0.2) is 30.3 Å². The SMILES string of the molecule is COC(=O)C[C@@H]1O[C@@H]2CO[C@H](c3ccccc3)O[C@@H]2C[C@H]1Cl. The van der Waals surface area contributed by atoms with Crippen molar-refractivity contribution in [1.82, 2.24) is 0 Å². The van der Waals surface area contributed by atoms with Crippen LogP contribution < -0.4 is 0 Å². The molecular weight excluding hydrogens is 308 g/mol. The summed E-state index contributed by atoms with van der Waals surface area (Å²) in [6.07, 6.45) is -0.320. The maximum Gasteiger partial charge on any atom is 0.308 e. The Balaban J connectivity index is 1.62. The van der Waals surface area contributed by atoms with E-state index >= 15 is 0 Å². The summed E-state index contributed by atoms with van der Waals surface area (Å²) >= 11 is 6.34. The fourth-order valence-corrected chi connectivity index (χ4v) is 3.13. The summed E-state index contributed by atoms with van der Waals surface area (Å²) in [5.74, 6) is -0.325. The summed E-state index contributed by atoms with van der Waals surface area (Å²) < 4.78 is 22.3. The molecule has 0 radical (unpaired) electrons. The molecule has 120 valence electrons. The minimum absolute atomic E-state index is 0.129. The van der Waals surface area contributed by atoms with Gasteiger partial charge in [-0.2, -0.15) is 0 Å². The normalized spacial score (nSPS) is 34.7. The van der Waals surface area contributed by atoms with Gasteiger partial charge in [-0.25, -0.2) is 0 Å². The van der Waals surface area contributed by atoms with E-state index in [9.17, 15) is 4.79 Å². The molecular formula is C16H19ClO5. The van der Waals surface area contributed by atoms with Crippen molar-refractivity contribution in [2.24, 2.45) is 0 Å². The number of alkyl halides is 1. The molecule has 0 unspecified atom stereocenters. The lowest BCUT2D eigenvalue weighted by Crippen LogP contribution is -2.52. The molecule has 2 heterocycles. The highest BCUT2D eigenvalue weighted by atomic mass is 35.5. The van der Waals surface area contributed by atoms with E-state index in [1.807, 2.05) is 30.3 Å². The maximum absolute atomic E-state index is 11.4. The van der Waals surface area contributed by atoms with Gasteiger partial charge < -0.3 is 18.9 Å². The van der Waals surface area contributed by atoms with E-state index in [0.717, 1.165) is 5.56 Å². The summed E-state index contributed by atoms with van der Waals surface area (Å²) in [7, 11) is 1.36. The molecule has 22 heavy (non-hydrogen) atoms. The first-order valence-electron chi connectivity index (χ1n) is 7.35. The van der Waals surface area contributed by atoms with Gasteiger partial charge in [-0.05, 0) is 6.42 Å². The molecule has 0 amide bonds. The molecule has 2 fully saturated rings. The van der Waals surface area contributed by atoms with E-state index in [4.69, 9.17) is 25.8 Å². The Morgan fingerprint density at radius 2 is 2.05 bits per heavy atom. The minimum Gasteiger partial charge on any atom is -0.469 e. The van der Waals surface area contributed by atoms with Crippen LogP contribution in [0.1, 0.15) is 24.7 Å². The fourth-order valence-electron chi connectivity index (χ4n) is 2.80. The fraction of sp³-hybridized carbons (Fsp3) is 0.562. The molecule has 6 heteroatoms. The van der Waals surface area contributed by atoms with E-state index in [1.54, 1.807) is 0 Å². The zero-order chi connectivity index (χ0) is 15.5. The van der Waals surface area contributed by atoms with Crippen LogP contribution in [0.2, 0.25) is 0 Å². The minimum atomic E-state index is -0.396. The molecule has 0 spiro atoms. The number of rotatable bonds is 3. The van der Waals surface area contributed by atoms with Crippen LogP contribution in [-0.2, 0) is 23.7 Å². The first-order chi connectivity index (χ1) is 10.7. The predicted molar refractivity (Wildman–Crippen MR) is 79.6 cm³/mol. The van der Waals surface area contributed by atoms with Gasteiger partial charge in [0.2, 0.25) is 0 Å². The molecule has 0 aromatic heterocycles. The van der Waals surface area contributed by atoms with Crippen molar-refractivity contribution in [3.8, 4) is 0 Å². The van der Waals surface area contributed by atoms with Gasteiger partial charge in [0, 0.05) is 5.56 Å². The topological polar surface area (TPSA) is 54.0 Å². The molecule has 1 aromatic rings. The lowest BCUT2D eigenvalue weighted by Gasteiger charge is -2.43. The van der Waals surface area contributed by atoms with Gasteiger partial charge in [0.15, 0.2) is 6.29 Å². The monoisotopic (exact) mass is 326 g/mol. The maximum atomic E-state index is 11.4. The van der Waals surface area contributed by atoms with E-state index < -0.39 is 6.29 Å². The summed E-state index contributed by atoms with van der Waals surface area (Å²) in [4.78, 5) is 11.4. The Hall–Kier alpha value is -1.14. The predicted octanol–water partition coefficient (Wildman–Crippen LogP) is 2.43. The van der Waals surface area contributed by atoms with Crippen LogP contribution >= 0.6 is 11.6 Å². The first-order valence-corrected chi connectivity index (χ1v) is 7.79. The van der Waals surface area contributed by atoms with Crippen molar-refractivity contribution in [3.63, 3.8) is 0 Å². The molecule has 2 saturated heterocycles.